The highest BCUT2D eigenvalue weighted by Gasteiger charge is 2.17. The van der Waals surface area contributed by atoms with Crippen LogP contribution < -0.4 is 0 Å². The summed E-state index contributed by atoms with van der Waals surface area (Å²) in [5.41, 5.74) is 4.16. The summed E-state index contributed by atoms with van der Waals surface area (Å²) < 4.78 is 0. The SMILES string of the molecule is C1=CC(Cc2cccnc2)Cc2c1ccc1c2ccc2ccccc21. The second-order valence-electron chi connectivity index (χ2n) is 6.90. The average Bonchev–Trinajstić information content (AvgIpc) is 2.68. The molecule has 1 atom stereocenters. The number of allylic oxidation sites excluding steroid dienone is 1. The summed E-state index contributed by atoms with van der Waals surface area (Å²) in [4.78, 5) is 4.25. The van der Waals surface area contributed by atoms with Crippen LogP contribution in [-0.4, -0.2) is 4.98 Å². The highest BCUT2D eigenvalue weighted by atomic mass is 14.6. The molecule has 25 heavy (non-hydrogen) atoms. The van der Waals surface area contributed by atoms with E-state index in [0.717, 1.165) is 12.8 Å². The molecule has 0 saturated carbocycles. The highest BCUT2D eigenvalue weighted by Crippen LogP contribution is 2.34. The Morgan fingerprint density at radius 2 is 1.76 bits per heavy atom. The summed E-state index contributed by atoms with van der Waals surface area (Å²) in [5.74, 6) is 0.536. The van der Waals surface area contributed by atoms with E-state index in [1.54, 1.807) is 0 Å². The van der Waals surface area contributed by atoms with Crippen LogP contribution in [0.3, 0.4) is 0 Å². The maximum absolute atomic E-state index is 4.25. The van der Waals surface area contributed by atoms with Gasteiger partial charge in [-0.15, -0.1) is 0 Å². The number of rotatable bonds is 2. The van der Waals surface area contributed by atoms with Crippen molar-refractivity contribution >= 4 is 27.6 Å². The van der Waals surface area contributed by atoms with E-state index in [9.17, 15) is 0 Å². The van der Waals surface area contributed by atoms with Crippen molar-refractivity contribution < 1.29 is 0 Å². The van der Waals surface area contributed by atoms with Gasteiger partial charge in [0.15, 0.2) is 0 Å². The Balaban J connectivity index is 1.59. The van der Waals surface area contributed by atoms with Crippen LogP contribution in [-0.2, 0) is 12.8 Å². The van der Waals surface area contributed by atoms with Crippen molar-refractivity contribution in [2.24, 2.45) is 5.92 Å². The lowest BCUT2D eigenvalue weighted by molar-refractivity contribution is 0.641. The lowest BCUT2D eigenvalue weighted by Gasteiger charge is -2.21. The molecule has 0 aliphatic heterocycles. The number of aromatic nitrogens is 1. The van der Waals surface area contributed by atoms with Crippen molar-refractivity contribution in [3.8, 4) is 0 Å². The summed E-state index contributed by atoms with van der Waals surface area (Å²) in [6, 6.07) is 22.0. The zero-order valence-corrected chi connectivity index (χ0v) is 14.0. The molecule has 1 aliphatic carbocycles. The Bertz CT molecular complexity index is 1090. The molecular formula is C24H19N. The third-order valence-corrected chi connectivity index (χ3v) is 5.31. The average molecular weight is 321 g/mol. The van der Waals surface area contributed by atoms with Gasteiger partial charge in [-0.2, -0.15) is 0 Å². The van der Waals surface area contributed by atoms with Gasteiger partial charge in [-0.1, -0.05) is 66.7 Å². The van der Waals surface area contributed by atoms with Crippen LogP contribution in [0.25, 0.3) is 27.6 Å². The Hall–Kier alpha value is -2.93. The molecule has 0 amide bonds. The number of nitrogens with zero attached hydrogens (tertiary/aromatic N) is 1. The van der Waals surface area contributed by atoms with Gasteiger partial charge in [-0.3, -0.25) is 4.98 Å². The van der Waals surface area contributed by atoms with Crippen LogP contribution in [0.15, 0.2) is 79.1 Å². The highest BCUT2D eigenvalue weighted by molar-refractivity contribution is 6.09. The fourth-order valence-electron chi connectivity index (χ4n) is 4.08. The fraction of sp³-hybridized carbons (Fsp3) is 0.125. The number of pyridine rings is 1. The third kappa shape index (κ3) is 2.53. The molecule has 3 aromatic carbocycles. The van der Waals surface area contributed by atoms with Gasteiger partial charge in [0.05, 0.1) is 0 Å². The van der Waals surface area contributed by atoms with Crippen molar-refractivity contribution in [1.29, 1.82) is 0 Å². The lowest BCUT2D eigenvalue weighted by Crippen LogP contribution is -2.10. The molecule has 120 valence electrons. The maximum Gasteiger partial charge on any atom is 0.0300 e. The molecule has 1 heteroatoms. The van der Waals surface area contributed by atoms with Gasteiger partial charge in [-0.05, 0) is 63.1 Å². The van der Waals surface area contributed by atoms with Gasteiger partial charge in [-0.25, -0.2) is 0 Å². The Morgan fingerprint density at radius 1 is 0.840 bits per heavy atom. The topological polar surface area (TPSA) is 12.9 Å². The first-order valence-corrected chi connectivity index (χ1v) is 8.89. The maximum atomic E-state index is 4.25. The molecule has 5 rings (SSSR count). The second-order valence-corrected chi connectivity index (χ2v) is 6.90. The molecule has 1 aromatic heterocycles. The molecule has 0 saturated heterocycles. The van der Waals surface area contributed by atoms with Gasteiger partial charge in [0.2, 0.25) is 0 Å². The zero-order chi connectivity index (χ0) is 16.6. The smallest absolute Gasteiger partial charge is 0.0300 e. The summed E-state index contributed by atoms with van der Waals surface area (Å²) in [6.07, 6.45) is 10.6. The summed E-state index contributed by atoms with van der Waals surface area (Å²) >= 11 is 0. The van der Waals surface area contributed by atoms with Gasteiger partial charge >= 0.3 is 0 Å². The van der Waals surface area contributed by atoms with Crippen LogP contribution in [0.1, 0.15) is 16.7 Å². The second kappa shape index (κ2) is 5.86. The third-order valence-electron chi connectivity index (χ3n) is 5.31. The minimum atomic E-state index is 0.536. The Kier molecular flexibility index (Phi) is 3.38. The fourth-order valence-corrected chi connectivity index (χ4v) is 4.08. The molecule has 1 heterocycles. The van der Waals surface area contributed by atoms with E-state index in [1.807, 2.05) is 18.5 Å². The number of benzene rings is 3. The van der Waals surface area contributed by atoms with Crippen LogP contribution in [0.5, 0.6) is 0 Å². The van der Waals surface area contributed by atoms with Crippen molar-refractivity contribution in [2.75, 3.05) is 0 Å². The van der Waals surface area contributed by atoms with E-state index in [-0.39, 0.29) is 0 Å². The van der Waals surface area contributed by atoms with Crippen molar-refractivity contribution in [3.63, 3.8) is 0 Å². The molecule has 1 nitrogen and oxygen atoms in total. The monoisotopic (exact) mass is 321 g/mol. The van der Waals surface area contributed by atoms with Gasteiger partial charge in [0.1, 0.15) is 0 Å². The molecular weight excluding hydrogens is 302 g/mol. The molecule has 0 spiro atoms. The molecule has 1 unspecified atom stereocenters. The van der Waals surface area contributed by atoms with Crippen LogP contribution in [0, 0.1) is 5.92 Å². The number of fused-ring (bicyclic) bond motifs is 5. The van der Waals surface area contributed by atoms with E-state index in [0.29, 0.717) is 5.92 Å². The molecule has 0 radical (unpaired) electrons. The first-order chi connectivity index (χ1) is 12.4. The van der Waals surface area contributed by atoms with Gasteiger partial charge in [0, 0.05) is 12.4 Å². The molecule has 0 bridgehead atoms. The van der Waals surface area contributed by atoms with Crippen molar-refractivity contribution in [3.05, 3.63) is 95.8 Å². The van der Waals surface area contributed by atoms with E-state index in [4.69, 9.17) is 0 Å². The molecule has 1 aliphatic rings. The lowest BCUT2D eigenvalue weighted by atomic mass is 9.83. The summed E-state index contributed by atoms with van der Waals surface area (Å²) in [5, 5.41) is 5.43. The quantitative estimate of drug-likeness (QED) is 0.424. The minimum absolute atomic E-state index is 0.536. The summed E-state index contributed by atoms with van der Waals surface area (Å²) in [7, 11) is 0. The van der Waals surface area contributed by atoms with Crippen molar-refractivity contribution in [1.82, 2.24) is 4.98 Å². The Labute approximate surface area is 147 Å². The van der Waals surface area contributed by atoms with Crippen molar-refractivity contribution in [2.45, 2.75) is 12.8 Å². The predicted molar refractivity (Wildman–Crippen MR) is 106 cm³/mol. The number of hydrogen-bond acceptors (Lipinski definition) is 1. The first-order valence-electron chi connectivity index (χ1n) is 8.89. The van der Waals surface area contributed by atoms with Gasteiger partial charge in [0.25, 0.3) is 0 Å². The first kappa shape index (κ1) is 14.4. The summed E-state index contributed by atoms with van der Waals surface area (Å²) in [6.45, 7) is 0. The normalized spacial score (nSPS) is 16.2. The van der Waals surface area contributed by atoms with Gasteiger partial charge < -0.3 is 0 Å². The minimum Gasteiger partial charge on any atom is -0.264 e. The van der Waals surface area contributed by atoms with E-state index in [2.05, 4.69) is 71.7 Å². The van der Waals surface area contributed by atoms with Crippen LogP contribution in [0.2, 0.25) is 0 Å². The molecule has 0 N–H and O–H groups in total. The van der Waals surface area contributed by atoms with E-state index >= 15 is 0 Å². The largest absolute Gasteiger partial charge is 0.264 e. The zero-order valence-electron chi connectivity index (χ0n) is 14.0. The Morgan fingerprint density at radius 3 is 2.68 bits per heavy atom. The standard InChI is InChI=1S/C24H19N/c1-2-6-21-19(5-1)9-12-23-22(21)11-10-20-8-7-17(15-24(20)23)14-18-4-3-13-25-16-18/h1-13,16-17H,14-15H2. The predicted octanol–water partition coefficient (Wildman–Crippen LogP) is 5.82. The van der Waals surface area contributed by atoms with E-state index in [1.165, 1.54) is 38.2 Å². The molecule has 4 aromatic rings. The molecule has 0 fully saturated rings. The van der Waals surface area contributed by atoms with Crippen LogP contribution >= 0.6 is 0 Å². The van der Waals surface area contributed by atoms with E-state index < -0.39 is 0 Å². The number of hydrogen-bond donors (Lipinski definition) is 0. The van der Waals surface area contributed by atoms with Crippen LogP contribution in [0.4, 0.5) is 0 Å².